The first-order valence-corrected chi connectivity index (χ1v) is 3.06. The molecule has 0 aliphatic rings. The van der Waals surface area contributed by atoms with Crippen molar-refractivity contribution in [3.05, 3.63) is 15.8 Å². The molecular formula is C5H4N3O5-. The minimum absolute atomic E-state index is 0.385. The van der Waals surface area contributed by atoms with Gasteiger partial charge in [0, 0.05) is 0 Å². The number of ether oxygens (including phenoxy) is 1. The molecule has 0 radical (unpaired) electrons. The molecule has 0 aliphatic carbocycles. The summed E-state index contributed by atoms with van der Waals surface area (Å²) in [6.07, 6.45) is 0. The lowest BCUT2D eigenvalue weighted by Crippen LogP contribution is -2.23. The van der Waals surface area contributed by atoms with E-state index in [1.165, 1.54) is 0 Å². The molecule has 0 atom stereocenters. The van der Waals surface area contributed by atoms with E-state index in [0.717, 1.165) is 7.11 Å². The lowest BCUT2D eigenvalue weighted by Gasteiger charge is -1.96. The molecule has 0 fully saturated rings. The highest BCUT2D eigenvalue weighted by molar-refractivity contribution is 5.89. The van der Waals surface area contributed by atoms with Crippen LogP contribution in [0.5, 0.6) is 5.88 Å². The van der Waals surface area contributed by atoms with Gasteiger partial charge in [-0.25, -0.2) is 0 Å². The van der Waals surface area contributed by atoms with E-state index in [1.54, 1.807) is 0 Å². The molecule has 0 unspecified atom stereocenters. The Balaban J connectivity index is 3.30. The van der Waals surface area contributed by atoms with Gasteiger partial charge in [0.25, 0.3) is 0 Å². The van der Waals surface area contributed by atoms with Crippen LogP contribution in [0, 0.1) is 10.1 Å². The molecule has 1 aromatic rings. The van der Waals surface area contributed by atoms with Gasteiger partial charge in [0.1, 0.15) is 0 Å². The molecule has 0 spiro atoms. The van der Waals surface area contributed by atoms with Gasteiger partial charge in [-0.15, -0.1) is 5.10 Å². The van der Waals surface area contributed by atoms with E-state index < -0.39 is 22.3 Å². The number of aromatic carboxylic acids is 1. The Hall–Kier alpha value is -2.12. The molecule has 70 valence electrons. The Bertz CT molecular complexity index is 357. The molecular weight excluding hydrogens is 182 g/mol. The Labute approximate surface area is 71.3 Å². The number of nitrogens with one attached hydrogen (secondary N) is 1. The van der Waals surface area contributed by atoms with Crippen LogP contribution in [-0.2, 0) is 0 Å². The van der Waals surface area contributed by atoms with Gasteiger partial charge in [-0.05, 0) is 0 Å². The molecule has 1 rings (SSSR count). The average Bonchev–Trinajstić information content (AvgIpc) is 2.46. The highest BCUT2D eigenvalue weighted by Gasteiger charge is 2.25. The van der Waals surface area contributed by atoms with Gasteiger partial charge in [-0.2, -0.15) is 0 Å². The summed E-state index contributed by atoms with van der Waals surface area (Å²) in [5, 5.41) is 25.8. The number of aromatic nitrogens is 2. The second-order valence-corrected chi connectivity index (χ2v) is 2.00. The number of carboxylic acid groups (broad SMARTS) is 1. The number of carboxylic acids is 1. The number of aromatic amines is 1. The number of hydrogen-bond donors (Lipinski definition) is 1. The summed E-state index contributed by atoms with van der Waals surface area (Å²) >= 11 is 0. The van der Waals surface area contributed by atoms with Crippen molar-refractivity contribution in [3.8, 4) is 5.88 Å². The summed E-state index contributed by atoms with van der Waals surface area (Å²) in [6.45, 7) is 0. The Morgan fingerprint density at radius 1 is 1.69 bits per heavy atom. The minimum atomic E-state index is -1.71. The van der Waals surface area contributed by atoms with Gasteiger partial charge in [-0.3, -0.25) is 15.2 Å². The summed E-state index contributed by atoms with van der Waals surface area (Å²) in [5.74, 6) is -2.09. The normalized spacial score (nSPS) is 9.62. The fourth-order valence-electron chi connectivity index (χ4n) is 0.774. The van der Waals surface area contributed by atoms with Crippen LogP contribution in [0.3, 0.4) is 0 Å². The third-order valence-electron chi connectivity index (χ3n) is 1.29. The van der Waals surface area contributed by atoms with Crippen molar-refractivity contribution in [2.24, 2.45) is 0 Å². The lowest BCUT2D eigenvalue weighted by molar-refractivity contribution is -0.386. The molecule has 1 aromatic heterocycles. The molecule has 0 saturated heterocycles. The van der Waals surface area contributed by atoms with E-state index in [2.05, 4.69) is 9.84 Å². The number of carbonyl (C=O) groups excluding carboxylic acids is 1. The predicted molar refractivity (Wildman–Crippen MR) is 36.1 cm³/mol. The smallest absolute Gasteiger partial charge is 0.358 e. The molecule has 0 saturated carbocycles. The number of nitrogens with zero attached hydrogens (tertiary/aromatic N) is 2. The summed E-state index contributed by atoms with van der Waals surface area (Å²) in [6, 6.07) is 0. The van der Waals surface area contributed by atoms with Crippen molar-refractivity contribution in [2.45, 2.75) is 0 Å². The number of methoxy groups -OCH3 is 1. The predicted octanol–water partition coefficient (Wildman–Crippen LogP) is -1.31. The van der Waals surface area contributed by atoms with Gasteiger partial charge in [-0.1, -0.05) is 0 Å². The monoisotopic (exact) mass is 186 g/mol. The standard InChI is InChI=1S/C5H5N3O5/c1-13-4-3(8(11)12)2(5(9)10)6-7-4/h1H3,(H,6,7)(H,9,10)/p-1. The van der Waals surface area contributed by atoms with Gasteiger partial charge in [0.05, 0.1) is 18.0 Å². The Kier molecular flexibility index (Phi) is 2.13. The molecule has 8 heteroatoms. The maximum Gasteiger partial charge on any atom is 0.358 e. The zero-order valence-corrected chi connectivity index (χ0v) is 6.44. The first kappa shape index (κ1) is 8.97. The molecule has 0 aromatic carbocycles. The Morgan fingerprint density at radius 3 is 2.69 bits per heavy atom. The topological polar surface area (TPSA) is 121 Å². The largest absolute Gasteiger partial charge is 0.543 e. The third-order valence-corrected chi connectivity index (χ3v) is 1.29. The number of nitro groups is 1. The summed E-state index contributed by atoms with van der Waals surface area (Å²) in [5.41, 5.74) is -1.44. The van der Waals surface area contributed by atoms with E-state index in [4.69, 9.17) is 0 Å². The summed E-state index contributed by atoms with van der Waals surface area (Å²) < 4.78 is 4.46. The zero-order chi connectivity index (χ0) is 10.0. The number of carbonyl (C=O) groups is 1. The maximum absolute atomic E-state index is 10.3. The minimum Gasteiger partial charge on any atom is -0.543 e. The van der Waals surface area contributed by atoms with Gasteiger partial charge in [0.2, 0.25) is 0 Å². The fourth-order valence-corrected chi connectivity index (χ4v) is 0.774. The van der Waals surface area contributed by atoms with Crippen LogP contribution in [0.2, 0.25) is 0 Å². The van der Waals surface area contributed by atoms with Crippen molar-refractivity contribution in [1.29, 1.82) is 0 Å². The van der Waals surface area contributed by atoms with Crippen LogP contribution in [-0.4, -0.2) is 28.2 Å². The summed E-state index contributed by atoms with van der Waals surface area (Å²) in [4.78, 5) is 19.7. The van der Waals surface area contributed by atoms with Crippen molar-refractivity contribution in [2.75, 3.05) is 7.11 Å². The van der Waals surface area contributed by atoms with E-state index in [0.29, 0.717) is 0 Å². The van der Waals surface area contributed by atoms with E-state index in [1.807, 2.05) is 5.10 Å². The van der Waals surface area contributed by atoms with Crippen LogP contribution >= 0.6 is 0 Å². The molecule has 0 bridgehead atoms. The van der Waals surface area contributed by atoms with Crippen molar-refractivity contribution in [3.63, 3.8) is 0 Å². The molecule has 0 amide bonds. The van der Waals surface area contributed by atoms with E-state index in [9.17, 15) is 20.0 Å². The Morgan fingerprint density at radius 2 is 2.31 bits per heavy atom. The fraction of sp³-hybridized carbons (Fsp3) is 0.200. The second-order valence-electron chi connectivity index (χ2n) is 2.00. The van der Waals surface area contributed by atoms with Crippen LogP contribution < -0.4 is 9.84 Å². The number of hydrogen-bond acceptors (Lipinski definition) is 6. The molecule has 8 nitrogen and oxygen atoms in total. The van der Waals surface area contributed by atoms with Crippen LogP contribution in [0.1, 0.15) is 10.5 Å². The van der Waals surface area contributed by atoms with E-state index >= 15 is 0 Å². The average molecular weight is 186 g/mol. The van der Waals surface area contributed by atoms with Gasteiger partial charge < -0.3 is 14.6 Å². The molecule has 1 heterocycles. The van der Waals surface area contributed by atoms with E-state index in [-0.39, 0.29) is 5.88 Å². The van der Waals surface area contributed by atoms with Crippen LogP contribution in [0.25, 0.3) is 0 Å². The maximum atomic E-state index is 10.3. The quantitative estimate of drug-likeness (QED) is 0.462. The third kappa shape index (κ3) is 1.41. The van der Waals surface area contributed by atoms with Gasteiger partial charge in [0.15, 0.2) is 5.69 Å². The van der Waals surface area contributed by atoms with Crippen molar-refractivity contribution >= 4 is 11.7 Å². The van der Waals surface area contributed by atoms with Crippen LogP contribution in [0.15, 0.2) is 0 Å². The van der Waals surface area contributed by atoms with Crippen molar-refractivity contribution < 1.29 is 19.6 Å². The molecule has 13 heavy (non-hydrogen) atoms. The zero-order valence-electron chi connectivity index (χ0n) is 6.44. The lowest BCUT2D eigenvalue weighted by atomic mass is 10.4. The second kappa shape index (κ2) is 3.09. The van der Waals surface area contributed by atoms with Gasteiger partial charge >= 0.3 is 11.6 Å². The SMILES string of the molecule is COc1n[nH]c(C(=O)[O-])c1[N+](=O)[O-]. The number of H-pyrrole nitrogens is 1. The van der Waals surface area contributed by atoms with Crippen LogP contribution in [0.4, 0.5) is 5.69 Å². The highest BCUT2D eigenvalue weighted by Crippen LogP contribution is 2.26. The summed E-state index contributed by atoms with van der Waals surface area (Å²) in [7, 11) is 1.14. The first-order chi connectivity index (χ1) is 6.07. The molecule has 0 aliphatic heterocycles. The van der Waals surface area contributed by atoms with Crippen molar-refractivity contribution in [1.82, 2.24) is 10.2 Å². The number of rotatable bonds is 3. The molecule has 1 N–H and O–H groups in total. The first-order valence-electron chi connectivity index (χ1n) is 3.06. The highest BCUT2D eigenvalue weighted by atomic mass is 16.6.